The summed E-state index contributed by atoms with van der Waals surface area (Å²) in [5, 5.41) is 13.1. The van der Waals surface area contributed by atoms with E-state index in [0.29, 0.717) is 29.2 Å². The minimum Gasteiger partial charge on any atom is -0.477 e. The van der Waals surface area contributed by atoms with Crippen LogP contribution in [0.2, 0.25) is 0 Å². The summed E-state index contributed by atoms with van der Waals surface area (Å²) in [6, 6.07) is 3.25. The number of benzene rings is 1. The molecule has 1 atom stereocenters. The van der Waals surface area contributed by atoms with Gasteiger partial charge in [-0.15, -0.1) is 25.7 Å². The van der Waals surface area contributed by atoms with Crippen molar-refractivity contribution in [3.05, 3.63) is 23.3 Å². The first-order valence-electron chi connectivity index (χ1n) is 6.77. The molecule has 0 amide bonds. The van der Waals surface area contributed by atoms with E-state index in [1.54, 1.807) is 12.1 Å². The highest BCUT2D eigenvalue weighted by Crippen LogP contribution is 2.34. The van der Waals surface area contributed by atoms with Gasteiger partial charge in [-0.2, -0.15) is 0 Å². The zero-order chi connectivity index (χ0) is 17.1. The van der Waals surface area contributed by atoms with Crippen molar-refractivity contribution in [2.45, 2.75) is 6.10 Å². The average Bonchev–Trinajstić information content (AvgIpc) is 2.57. The van der Waals surface area contributed by atoms with Crippen molar-refractivity contribution in [2.24, 2.45) is 0 Å². The van der Waals surface area contributed by atoms with Crippen LogP contribution in [0.25, 0.3) is 0 Å². The third-order valence-electron chi connectivity index (χ3n) is 2.79. The number of rotatable bonds is 8. The van der Waals surface area contributed by atoms with Gasteiger partial charge in [0.15, 0.2) is 11.5 Å². The molecule has 0 saturated carbocycles. The maximum absolute atomic E-state index is 10.2. The highest BCUT2D eigenvalue weighted by molar-refractivity contribution is 5.56. The molecule has 4 heteroatoms. The summed E-state index contributed by atoms with van der Waals surface area (Å²) in [4.78, 5) is 0. The summed E-state index contributed by atoms with van der Waals surface area (Å²) >= 11 is 0. The molecule has 0 spiro atoms. The third kappa shape index (κ3) is 5.35. The van der Waals surface area contributed by atoms with Gasteiger partial charge < -0.3 is 19.9 Å². The van der Waals surface area contributed by atoms with Crippen LogP contribution in [0.3, 0.4) is 0 Å². The summed E-state index contributed by atoms with van der Waals surface area (Å²) in [5.41, 5.74) is 0.975. The van der Waals surface area contributed by atoms with Gasteiger partial charge in [0.1, 0.15) is 13.2 Å². The lowest BCUT2D eigenvalue weighted by molar-refractivity contribution is 0.175. The van der Waals surface area contributed by atoms with Gasteiger partial charge in [-0.1, -0.05) is 23.7 Å². The summed E-state index contributed by atoms with van der Waals surface area (Å²) in [7, 11) is 0. The Hall–Kier alpha value is -3.02. The molecule has 0 saturated heterocycles. The van der Waals surface area contributed by atoms with E-state index in [-0.39, 0.29) is 19.8 Å². The van der Waals surface area contributed by atoms with E-state index in [0.717, 1.165) is 0 Å². The maximum atomic E-state index is 10.2. The monoisotopic (exact) mass is 307 g/mol. The fraction of sp³-hybridized carbons (Fsp3) is 0.263. The molecule has 1 aromatic rings. The maximum Gasteiger partial charge on any atom is 0.178 e. The van der Waals surface area contributed by atoms with E-state index < -0.39 is 6.10 Å². The first-order chi connectivity index (χ1) is 11.2. The smallest absolute Gasteiger partial charge is 0.178 e. The largest absolute Gasteiger partial charge is 0.477 e. The first-order valence-corrected chi connectivity index (χ1v) is 6.77. The molecule has 1 rings (SSSR count). The zero-order valence-electron chi connectivity index (χ0n) is 12.6. The number of hydrogen-bond acceptors (Lipinski definition) is 4. The average molecular weight is 307 g/mol. The Morgan fingerprint density at radius 2 is 1.74 bits per heavy atom. The molecule has 0 aliphatic heterocycles. The van der Waals surface area contributed by atoms with Gasteiger partial charge in [-0.3, -0.25) is 0 Å². The summed E-state index contributed by atoms with van der Waals surface area (Å²) in [6.45, 7) is 0.689. The fourth-order valence-corrected chi connectivity index (χ4v) is 1.81. The Morgan fingerprint density at radius 3 is 2.35 bits per heavy atom. The molecule has 0 heterocycles. The van der Waals surface area contributed by atoms with Crippen LogP contribution in [-0.4, -0.2) is 31.4 Å². The third-order valence-corrected chi connectivity index (χ3v) is 2.79. The van der Waals surface area contributed by atoms with Crippen molar-refractivity contribution >= 4 is 0 Å². The number of ether oxygens (including phenoxy) is 2. The van der Waals surface area contributed by atoms with Gasteiger partial charge in [-0.05, 0) is 17.7 Å². The zero-order valence-corrected chi connectivity index (χ0v) is 12.6. The second-order valence-electron chi connectivity index (χ2n) is 4.38. The van der Waals surface area contributed by atoms with Crippen LogP contribution in [-0.2, 0) is 0 Å². The first kappa shape index (κ1) is 18.0. The molecular weight excluding hydrogens is 290 g/mol. The minimum absolute atomic E-state index is 0.0331. The van der Waals surface area contributed by atoms with E-state index in [1.165, 1.54) is 0 Å². The van der Waals surface area contributed by atoms with Crippen LogP contribution in [0, 0.1) is 49.4 Å². The van der Waals surface area contributed by atoms with E-state index in [4.69, 9.17) is 35.2 Å². The quantitative estimate of drug-likeness (QED) is 0.554. The Bertz CT molecular complexity index is 696. The molecule has 0 radical (unpaired) electrons. The van der Waals surface area contributed by atoms with Crippen LogP contribution in [0.1, 0.15) is 17.2 Å². The summed E-state index contributed by atoms with van der Waals surface area (Å²) in [6.07, 6.45) is 20.3. The van der Waals surface area contributed by atoms with Crippen molar-refractivity contribution in [2.75, 3.05) is 26.3 Å². The van der Waals surface area contributed by atoms with Crippen LogP contribution < -0.4 is 14.8 Å². The number of nitrogens with one attached hydrogen (secondary N) is 1. The van der Waals surface area contributed by atoms with E-state index in [2.05, 4.69) is 29.0 Å². The van der Waals surface area contributed by atoms with Gasteiger partial charge in [0.2, 0.25) is 0 Å². The van der Waals surface area contributed by atoms with E-state index in [9.17, 15) is 5.11 Å². The molecular formula is C19H17NO3. The van der Waals surface area contributed by atoms with E-state index >= 15 is 0 Å². The van der Waals surface area contributed by atoms with Crippen molar-refractivity contribution in [1.82, 2.24) is 5.32 Å². The van der Waals surface area contributed by atoms with Crippen molar-refractivity contribution < 1.29 is 14.6 Å². The lowest BCUT2D eigenvalue weighted by Gasteiger charge is -2.17. The lowest BCUT2D eigenvalue weighted by Crippen LogP contribution is -2.21. The van der Waals surface area contributed by atoms with Gasteiger partial charge in [0, 0.05) is 6.54 Å². The lowest BCUT2D eigenvalue weighted by atomic mass is 10.0. The molecule has 1 aromatic carbocycles. The molecule has 1 unspecified atom stereocenters. The molecule has 0 bridgehead atoms. The molecule has 0 aromatic heterocycles. The molecule has 0 aliphatic rings. The van der Waals surface area contributed by atoms with Crippen LogP contribution in [0.5, 0.6) is 11.5 Å². The predicted molar refractivity (Wildman–Crippen MR) is 89.7 cm³/mol. The van der Waals surface area contributed by atoms with Gasteiger partial charge in [-0.25, -0.2) is 0 Å². The SMILES string of the molecule is C#CCNCC(O)c1cc(C#C)c(OCC#C)c(OCC#C)c1. The van der Waals surface area contributed by atoms with Crippen LogP contribution in [0.4, 0.5) is 0 Å². The van der Waals surface area contributed by atoms with Crippen molar-refractivity contribution in [1.29, 1.82) is 0 Å². The second kappa shape index (κ2) is 9.83. The Kier molecular flexibility index (Phi) is 7.71. The Morgan fingerprint density at radius 1 is 1.04 bits per heavy atom. The highest BCUT2D eigenvalue weighted by atomic mass is 16.5. The normalized spacial score (nSPS) is 10.5. The van der Waals surface area contributed by atoms with E-state index in [1.807, 2.05) is 0 Å². The number of aliphatic hydroxyl groups is 1. The van der Waals surface area contributed by atoms with Crippen molar-refractivity contribution in [3.8, 4) is 60.9 Å². The molecule has 0 aliphatic carbocycles. The fourth-order valence-electron chi connectivity index (χ4n) is 1.81. The number of hydrogen-bond donors (Lipinski definition) is 2. The Balaban J connectivity index is 3.14. The Labute approximate surface area is 137 Å². The second-order valence-corrected chi connectivity index (χ2v) is 4.38. The van der Waals surface area contributed by atoms with Crippen LogP contribution >= 0.6 is 0 Å². The number of terminal acetylenes is 4. The molecule has 2 N–H and O–H groups in total. The topological polar surface area (TPSA) is 50.7 Å². The van der Waals surface area contributed by atoms with Gasteiger partial charge in [0.05, 0.1) is 18.2 Å². The molecule has 0 fully saturated rings. The highest BCUT2D eigenvalue weighted by Gasteiger charge is 2.16. The minimum atomic E-state index is -0.815. The molecule has 116 valence electrons. The molecule has 4 nitrogen and oxygen atoms in total. The standard InChI is InChI=1S/C19H17NO3/c1-5-9-20-14-17(21)16-12-15(8-4)19(23-11-7-3)18(13-16)22-10-6-2/h1-4,12-13,17,20-21H,9-11,14H2. The van der Waals surface area contributed by atoms with Crippen LogP contribution in [0.15, 0.2) is 12.1 Å². The summed E-state index contributed by atoms with van der Waals surface area (Å²) in [5.74, 6) is 10.3. The predicted octanol–water partition coefficient (Wildman–Crippen LogP) is 0.948. The summed E-state index contributed by atoms with van der Waals surface area (Å²) < 4.78 is 10.9. The van der Waals surface area contributed by atoms with Gasteiger partial charge in [0.25, 0.3) is 0 Å². The van der Waals surface area contributed by atoms with Crippen molar-refractivity contribution in [3.63, 3.8) is 0 Å². The van der Waals surface area contributed by atoms with Gasteiger partial charge >= 0.3 is 0 Å². The molecule has 23 heavy (non-hydrogen) atoms. The number of aliphatic hydroxyl groups excluding tert-OH is 1.